The SMILES string of the molecule is Br.O=C(CN1CCCCC1)c1ccccc1Cl. The highest BCUT2D eigenvalue weighted by Crippen LogP contribution is 2.17. The average Bonchev–Trinajstić information content (AvgIpc) is 2.31. The molecule has 17 heavy (non-hydrogen) atoms. The van der Waals surface area contributed by atoms with Crippen LogP contribution in [-0.2, 0) is 0 Å². The molecule has 94 valence electrons. The summed E-state index contributed by atoms with van der Waals surface area (Å²) < 4.78 is 0. The predicted molar refractivity (Wildman–Crippen MR) is 76.4 cm³/mol. The van der Waals surface area contributed by atoms with Gasteiger partial charge in [-0.15, -0.1) is 17.0 Å². The third-order valence-electron chi connectivity index (χ3n) is 2.99. The molecule has 0 amide bonds. The largest absolute Gasteiger partial charge is 0.296 e. The molecule has 0 atom stereocenters. The standard InChI is InChI=1S/C13H16ClNO.BrH/c14-12-7-3-2-6-11(12)13(16)10-15-8-4-1-5-9-15;/h2-3,6-7H,1,4-5,8-10H2;1H. The van der Waals surface area contributed by atoms with Gasteiger partial charge in [0.05, 0.1) is 11.6 Å². The quantitative estimate of drug-likeness (QED) is 0.794. The van der Waals surface area contributed by atoms with Crippen LogP contribution in [0.2, 0.25) is 5.02 Å². The van der Waals surface area contributed by atoms with E-state index in [9.17, 15) is 4.79 Å². The van der Waals surface area contributed by atoms with Gasteiger partial charge in [0, 0.05) is 5.56 Å². The van der Waals surface area contributed by atoms with Gasteiger partial charge in [-0.2, -0.15) is 0 Å². The zero-order valence-electron chi connectivity index (χ0n) is 9.69. The minimum Gasteiger partial charge on any atom is -0.296 e. The van der Waals surface area contributed by atoms with Crippen molar-refractivity contribution in [3.05, 3.63) is 34.9 Å². The molecule has 0 unspecified atom stereocenters. The highest BCUT2D eigenvalue weighted by Gasteiger charge is 2.16. The number of rotatable bonds is 3. The number of Topliss-reactive ketones (excluding diaryl/α,β-unsaturated/α-hetero) is 1. The lowest BCUT2D eigenvalue weighted by molar-refractivity contribution is 0.0916. The number of hydrogen-bond acceptors (Lipinski definition) is 2. The topological polar surface area (TPSA) is 20.3 Å². The van der Waals surface area contributed by atoms with Gasteiger partial charge in [-0.05, 0) is 38.1 Å². The molecule has 1 saturated heterocycles. The highest BCUT2D eigenvalue weighted by molar-refractivity contribution is 8.93. The Morgan fingerprint density at radius 2 is 1.82 bits per heavy atom. The Morgan fingerprint density at radius 3 is 2.47 bits per heavy atom. The van der Waals surface area contributed by atoms with E-state index in [1.165, 1.54) is 19.3 Å². The molecule has 1 aliphatic heterocycles. The fourth-order valence-corrected chi connectivity index (χ4v) is 2.33. The second-order valence-electron chi connectivity index (χ2n) is 4.24. The maximum atomic E-state index is 12.0. The van der Waals surface area contributed by atoms with Gasteiger partial charge < -0.3 is 0 Å². The first-order valence-electron chi connectivity index (χ1n) is 5.77. The van der Waals surface area contributed by atoms with Crippen molar-refractivity contribution in [1.82, 2.24) is 4.90 Å². The first-order chi connectivity index (χ1) is 7.77. The molecule has 0 spiro atoms. The normalized spacial score (nSPS) is 16.3. The summed E-state index contributed by atoms with van der Waals surface area (Å²) in [7, 11) is 0. The summed E-state index contributed by atoms with van der Waals surface area (Å²) in [6.45, 7) is 2.58. The van der Waals surface area contributed by atoms with Gasteiger partial charge in [0.1, 0.15) is 0 Å². The molecule has 1 heterocycles. The zero-order chi connectivity index (χ0) is 11.4. The van der Waals surface area contributed by atoms with Crippen LogP contribution in [0.3, 0.4) is 0 Å². The lowest BCUT2D eigenvalue weighted by Gasteiger charge is -2.25. The Bertz CT molecular complexity index is 377. The van der Waals surface area contributed by atoms with Gasteiger partial charge in [0.15, 0.2) is 5.78 Å². The molecule has 1 aliphatic rings. The van der Waals surface area contributed by atoms with Crippen LogP contribution in [0.4, 0.5) is 0 Å². The molecule has 1 aromatic rings. The summed E-state index contributed by atoms with van der Waals surface area (Å²) in [6, 6.07) is 7.27. The van der Waals surface area contributed by atoms with E-state index >= 15 is 0 Å². The van der Waals surface area contributed by atoms with Gasteiger partial charge >= 0.3 is 0 Å². The first kappa shape index (κ1) is 14.7. The molecular weight excluding hydrogens is 302 g/mol. The predicted octanol–water partition coefficient (Wildman–Crippen LogP) is 3.59. The van der Waals surface area contributed by atoms with Crippen LogP contribution in [-0.4, -0.2) is 30.3 Å². The number of nitrogens with zero attached hydrogens (tertiary/aromatic N) is 1. The van der Waals surface area contributed by atoms with Crippen molar-refractivity contribution < 1.29 is 4.79 Å². The monoisotopic (exact) mass is 317 g/mol. The number of halogens is 2. The zero-order valence-corrected chi connectivity index (χ0v) is 12.2. The van der Waals surface area contributed by atoms with Crippen LogP contribution in [0.15, 0.2) is 24.3 Å². The molecule has 0 saturated carbocycles. The second kappa shape index (κ2) is 7.14. The Hall–Kier alpha value is -0.380. The smallest absolute Gasteiger partial charge is 0.178 e. The molecular formula is C13H17BrClNO. The van der Waals surface area contributed by atoms with Crippen LogP contribution in [0, 0.1) is 0 Å². The lowest BCUT2D eigenvalue weighted by Crippen LogP contribution is -2.34. The minimum absolute atomic E-state index is 0. The van der Waals surface area contributed by atoms with Crippen LogP contribution in [0.5, 0.6) is 0 Å². The van der Waals surface area contributed by atoms with E-state index in [1.54, 1.807) is 12.1 Å². The number of carbonyl (C=O) groups excluding carboxylic acids is 1. The van der Waals surface area contributed by atoms with Gasteiger partial charge in [-0.3, -0.25) is 9.69 Å². The summed E-state index contributed by atoms with van der Waals surface area (Å²) in [5.41, 5.74) is 0.648. The number of likely N-dealkylation sites (tertiary alicyclic amines) is 1. The molecule has 0 aromatic heterocycles. The van der Waals surface area contributed by atoms with Crippen molar-refractivity contribution in [2.75, 3.05) is 19.6 Å². The number of benzene rings is 1. The Labute approximate surface area is 118 Å². The first-order valence-corrected chi connectivity index (χ1v) is 6.15. The van der Waals surface area contributed by atoms with Gasteiger partial charge in [-0.25, -0.2) is 0 Å². The van der Waals surface area contributed by atoms with E-state index in [1.807, 2.05) is 12.1 Å². The van der Waals surface area contributed by atoms with Crippen molar-refractivity contribution in [2.24, 2.45) is 0 Å². The van der Waals surface area contributed by atoms with Crippen LogP contribution < -0.4 is 0 Å². The molecule has 1 fully saturated rings. The van der Waals surface area contributed by atoms with Crippen molar-refractivity contribution in [1.29, 1.82) is 0 Å². The van der Waals surface area contributed by atoms with Crippen molar-refractivity contribution >= 4 is 34.4 Å². The number of piperidine rings is 1. The lowest BCUT2D eigenvalue weighted by atomic mass is 10.1. The molecule has 0 aliphatic carbocycles. The maximum Gasteiger partial charge on any atom is 0.178 e. The van der Waals surface area contributed by atoms with Gasteiger partial charge in [0.2, 0.25) is 0 Å². The third kappa shape index (κ3) is 4.09. The molecule has 2 rings (SSSR count). The fourth-order valence-electron chi connectivity index (χ4n) is 2.09. The molecule has 0 N–H and O–H groups in total. The Morgan fingerprint density at radius 1 is 1.18 bits per heavy atom. The molecule has 0 bridgehead atoms. The summed E-state index contributed by atoms with van der Waals surface area (Å²) in [5, 5.41) is 0.560. The van der Waals surface area contributed by atoms with E-state index in [-0.39, 0.29) is 22.8 Å². The summed E-state index contributed by atoms with van der Waals surface area (Å²) in [4.78, 5) is 14.2. The third-order valence-corrected chi connectivity index (χ3v) is 3.32. The van der Waals surface area contributed by atoms with E-state index < -0.39 is 0 Å². The summed E-state index contributed by atoms with van der Waals surface area (Å²) >= 11 is 6.00. The number of ketones is 1. The van der Waals surface area contributed by atoms with Gasteiger partial charge in [0.25, 0.3) is 0 Å². The second-order valence-corrected chi connectivity index (χ2v) is 4.65. The fraction of sp³-hybridized carbons (Fsp3) is 0.462. The van der Waals surface area contributed by atoms with E-state index in [0.717, 1.165) is 13.1 Å². The maximum absolute atomic E-state index is 12.0. The minimum atomic E-state index is 0. The number of hydrogen-bond donors (Lipinski definition) is 0. The Balaban J connectivity index is 0.00000144. The van der Waals surface area contributed by atoms with Crippen LogP contribution in [0.1, 0.15) is 29.6 Å². The molecule has 4 heteroatoms. The summed E-state index contributed by atoms with van der Waals surface area (Å²) in [6.07, 6.45) is 3.70. The van der Waals surface area contributed by atoms with E-state index in [0.29, 0.717) is 17.1 Å². The molecule has 0 radical (unpaired) electrons. The summed E-state index contributed by atoms with van der Waals surface area (Å²) in [5.74, 6) is 0.132. The van der Waals surface area contributed by atoms with Gasteiger partial charge in [-0.1, -0.05) is 30.2 Å². The molecule has 2 nitrogen and oxygen atoms in total. The van der Waals surface area contributed by atoms with E-state index in [4.69, 9.17) is 11.6 Å². The Kier molecular flexibility index (Phi) is 6.17. The van der Waals surface area contributed by atoms with E-state index in [2.05, 4.69) is 4.90 Å². The van der Waals surface area contributed by atoms with Crippen LogP contribution in [0.25, 0.3) is 0 Å². The highest BCUT2D eigenvalue weighted by atomic mass is 79.9. The van der Waals surface area contributed by atoms with Crippen molar-refractivity contribution in [2.45, 2.75) is 19.3 Å². The average molecular weight is 319 g/mol. The molecule has 1 aromatic carbocycles. The van der Waals surface area contributed by atoms with Crippen molar-refractivity contribution in [3.63, 3.8) is 0 Å². The van der Waals surface area contributed by atoms with Crippen molar-refractivity contribution in [3.8, 4) is 0 Å². The number of carbonyl (C=O) groups is 1. The van der Waals surface area contributed by atoms with Crippen LogP contribution >= 0.6 is 28.6 Å².